The van der Waals surface area contributed by atoms with E-state index >= 15 is 0 Å². The number of thiophene rings is 1. The molecule has 5 heterocycles. The van der Waals surface area contributed by atoms with Crippen molar-refractivity contribution in [1.82, 2.24) is 30.5 Å². The molecule has 0 radical (unpaired) electrons. The smallest absolute Gasteiger partial charge is 0.176 e. The first-order chi connectivity index (χ1) is 18.7. The largest absolute Gasteiger partial charge is 0.338 e. The van der Waals surface area contributed by atoms with Gasteiger partial charge in [0.05, 0.1) is 11.2 Å². The number of H-pyrrole nitrogens is 2. The molecule has 0 bridgehead atoms. The molecule has 8 heteroatoms. The zero-order valence-electron chi connectivity index (χ0n) is 20.8. The van der Waals surface area contributed by atoms with Gasteiger partial charge in [-0.1, -0.05) is 18.9 Å². The first kappa shape index (κ1) is 23.3. The van der Waals surface area contributed by atoms with Crippen molar-refractivity contribution < 1.29 is 4.39 Å². The molecule has 1 aliphatic carbocycles. The Hall–Kier alpha value is -3.88. The average Bonchev–Trinajstić information content (AvgIpc) is 3.74. The van der Waals surface area contributed by atoms with Gasteiger partial charge in [0.1, 0.15) is 11.3 Å². The van der Waals surface area contributed by atoms with Gasteiger partial charge in [-0.2, -0.15) is 9.49 Å². The van der Waals surface area contributed by atoms with E-state index in [1.165, 1.54) is 37.3 Å². The fraction of sp³-hybridized carbons (Fsp3) is 0.233. The summed E-state index contributed by atoms with van der Waals surface area (Å²) in [5.74, 6) is 0.815. The van der Waals surface area contributed by atoms with E-state index in [-0.39, 0.29) is 5.13 Å². The highest BCUT2D eigenvalue weighted by Gasteiger charge is 2.16. The van der Waals surface area contributed by atoms with Crippen LogP contribution in [0.25, 0.3) is 54.9 Å². The topological polar surface area (TPSA) is 82.3 Å². The van der Waals surface area contributed by atoms with Crippen LogP contribution in [0.15, 0.2) is 67.1 Å². The minimum atomic E-state index is -0.199. The maximum atomic E-state index is 13.7. The molecular formula is C30H27FN6S. The quantitative estimate of drug-likeness (QED) is 0.205. The highest BCUT2D eigenvalue weighted by Crippen LogP contribution is 2.36. The van der Waals surface area contributed by atoms with Crippen LogP contribution in [0.5, 0.6) is 0 Å². The van der Waals surface area contributed by atoms with Crippen molar-refractivity contribution in [3.8, 4) is 33.0 Å². The fourth-order valence-corrected chi connectivity index (χ4v) is 6.37. The van der Waals surface area contributed by atoms with Gasteiger partial charge in [-0.15, -0.1) is 11.3 Å². The summed E-state index contributed by atoms with van der Waals surface area (Å²) in [6, 6.07) is 15.8. The monoisotopic (exact) mass is 522 g/mol. The van der Waals surface area contributed by atoms with Gasteiger partial charge in [-0.25, -0.2) is 4.98 Å². The number of aromatic amines is 2. The number of aromatic nitrogens is 5. The molecule has 7 rings (SSSR count). The summed E-state index contributed by atoms with van der Waals surface area (Å²) in [5, 5.41) is 13.2. The molecule has 0 spiro atoms. The van der Waals surface area contributed by atoms with Crippen LogP contribution < -0.4 is 5.32 Å². The van der Waals surface area contributed by atoms with E-state index in [0.29, 0.717) is 0 Å². The standard InChI is InChI=1S/C30H27FN6S/c31-28-8-7-27(38-28)22-9-10-34-30-23(22)13-26(35-30)29-24-12-20(5-6-25(24)36-37-29)21-11-19(16-33-17-21)15-32-14-18-3-1-2-4-18/h5-13,16-18,32H,1-4,14-15H2,(H,34,35)(H,36,37). The molecule has 5 aromatic heterocycles. The van der Waals surface area contributed by atoms with Crippen LogP contribution in [0, 0.1) is 11.0 Å². The number of hydrogen-bond donors (Lipinski definition) is 3. The number of rotatable bonds is 7. The summed E-state index contributed by atoms with van der Waals surface area (Å²) in [6.45, 7) is 1.91. The van der Waals surface area contributed by atoms with Crippen LogP contribution in [0.2, 0.25) is 0 Å². The zero-order chi connectivity index (χ0) is 25.5. The average molecular weight is 523 g/mol. The first-order valence-corrected chi connectivity index (χ1v) is 13.9. The lowest BCUT2D eigenvalue weighted by Gasteiger charge is -2.11. The van der Waals surface area contributed by atoms with Gasteiger partial charge in [0.2, 0.25) is 0 Å². The Morgan fingerprint density at radius 2 is 1.89 bits per heavy atom. The van der Waals surface area contributed by atoms with Crippen molar-refractivity contribution in [3.05, 3.63) is 77.8 Å². The minimum Gasteiger partial charge on any atom is -0.338 e. The Kier molecular flexibility index (Phi) is 5.98. The summed E-state index contributed by atoms with van der Waals surface area (Å²) in [7, 11) is 0. The third-order valence-corrected chi connectivity index (χ3v) is 8.46. The predicted molar refractivity (Wildman–Crippen MR) is 151 cm³/mol. The van der Waals surface area contributed by atoms with Crippen molar-refractivity contribution in [2.45, 2.75) is 32.2 Å². The van der Waals surface area contributed by atoms with Crippen molar-refractivity contribution in [1.29, 1.82) is 0 Å². The highest BCUT2D eigenvalue weighted by atomic mass is 32.1. The van der Waals surface area contributed by atoms with E-state index in [0.717, 1.165) is 85.2 Å². The molecule has 0 atom stereocenters. The molecule has 6 nitrogen and oxygen atoms in total. The van der Waals surface area contributed by atoms with Gasteiger partial charge in [0, 0.05) is 51.9 Å². The number of benzene rings is 1. The lowest BCUT2D eigenvalue weighted by molar-refractivity contribution is 0.489. The molecule has 0 amide bonds. The number of hydrogen-bond acceptors (Lipinski definition) is 5. The molecule has 1 aliphatic rings. The van der Waals surface area contributed by atoms with E-state index in [4.69, 9.17) is 0 Å². The maximum Gasteiger partial charge on any atom is 0.176 e. The van der Waals surface area contributed by atoms with Gasteiger partial charge < -0.3 is 10.3 Å². The number of nitrogens with one attached hydrogen (secondary N) is 3. The zero-order valence-corrected chi connectivity index (χ0v) is 21.6. The van der Waals surface area contributed by atoms with Gasteiger partial charge >= 0.3 is 0 Å². The highest BCUT2D eigenvalue weighted by molar-refractivity contribution is 7.14. The van der Waals surface area contributed by atoms with Crippen LogP contribution in [0.1, 0.15) is 31.2 Å². The second-order valence-electron chi connectivity index (χ2n) is 10.1. The molecule has 38 heavy (non-hydrogen) atoms. The van der Waals surface area contributed by atoms with Crippen molar-refractivity contribution in [3.63, 3.8) is 0 Å². The van der Waals surface area contributed by atoms with E-state index in [2.05, 4.69) is 60.8 Å². The van der Waals surface area contributed by atoms with E-state index in [9.17, 15) is 4.39 Å². The Morgan fingerprint density at radius 3 is 2.76 bits per heavy atom. The molecule has 0 aliphatic heterocycles. The van der Waals surface area contributed by atoms with Gasteiger partial charge in [-0.3, -0.25) is 10.1 Å². The van der Waals surface area contributed by atoms with Crippen molar-refractivity contribution in [2.24, 2.45) is 5.92 Å². The molecule has 1 aromatic carbocycles. The molecule has 1 saturated carbocycles. The number of pyridine rings is 2. The SMILES string of the molecule is Fc1ccc(-c2ccnc3[nH]c(-c4n[nH]c5ccc(-c6cncc(CNCC7CCCC7)c6)cc45)cc23)s1. The van der Waals surface area contributed by atoms with Crippen LogP contribution in [0.4, 0.5) is 4.39 Å². The molecule has 6 aromatic rings. The van der Waals surface area contributed by atoms with Gasteiger partial charge in [-0.05, 0) is 78.9 Å². The minimum absolute atomic E-state index is 0.199. The molecule has 3 N–H and O–H groups in total. The van der Waals surface area contributed by atoms with Crippen LogP contribution in [0.3, 0.4) is 0 Å². The summed E-state index contributed by atoms with van der Waals surface area (Å²) >= 11 is 1.14. The van der Waals surface area contributed by atoms with Crippen molar-refractivity contribution >= 4 is 33.3 Å². The molecule has 190 valence electrons. The molecule has 0 saturated heterocycles. The Morgan fingerprint density at radius 1 is 0.974 bits per heavy atom. The van der Waals surface area contributed by atoms with E-state index < -0.39 is 0 Å². The van der Waals surface area contributed by atoms with Crippen LogP contribution in [-0.4, -0.2) is 31.7 Å². The maximum absolute atomic E-state index is 13.7. The first-order valence-electron chi connectivity index (χ1n) is 13.1. The summed E-state index contributed by atoms with van der Waals surface area (Å²) in [5.41, 5.74) is 7.71. The van der Waals surface area contributed by atoms with Crippen LogP contribution >= 0.6 is 11.3 Å². The molecule has 0 unspecified atom stereocenters. The third kappa shape index (κ3) is 4.40. The van der Waals surface area contributed by atoms with Crippen LogP contribution in [-0.2, 0) is 6.54 Å². The van der Waals surface area contributed by atoms with Gasteiger partial charge in [0.15, 0.2) is 5.13 Å². The summed E-state index contributed by atoms with van der Waals surface area (Å²) < 4.78 is 13.7. The summed E-state index contributed by atoms with van der Waals surface area (Å²) in [4.78, 5) is 13.3. The summed E-state index contributed by atoms with van der Waals surface area (Å²) in [6.07, 6.45) is 11.0. The lowest BCUT2D eigenvalue weighted by Crippen LogP contribution is -2.20. The van der Waals surface area contributed by atoms with Gasteiger partial charge in [0.25, 0.3) is 0 Å². The normalized spacial score (nSPS) is 14.2. The Balaban J connectivity index is 1.20. The number of fused-ring (bicyclic) bond motifs is 2. The second-order valence-corrected chi connectivity index (χ2v) is 11.1. The number of nitrogens with zero attached hydrogens (tertiary/aromatic N) is 3. The Bertz CT molecular complexity index is 1740. The predicted octanol–water partition coefficient (Wildman–Crippen LogP) is 7.32. The van der Waals surface area contributed by atoms with E-state index in [1.54, 1.807) is 6.20 Å². The number of halogens is 1. The Labute approximate surface area is 223 Å². The van der Waals surface area contributed by atoms with E-state index in [1.807, 2.05) is 24.5 Å². The van der Waals surface area contributed by atoms with Crippen molar-refractivity contribution in [2.75, 3.05) is 6.54 Å². The third-order valence-electron chi connectivity index (χ3n) is 7.55. The lowest BCUT2D eigenvalue weighted by atomic mass is 10.0. The fourth-order valence-electron chi connectivity index (χ4n) is 5.60. The second kappa shape index (κ2) is 9.78. The molecular weight excluding hydrogens is 495 g/mol. The molecule has 1 fully saturated rings.